The van der Waals surface area contributed by atoms with Crippen molar-refractivity contribution in [2.75, 3.05) is 13.1 Å². The summed E-state index contributed by atoms with van der Waals surface area (Å²) in [5.41, 5.74) is 8.86. The van der Waals surface area contributed by atoms with E-state index in [1.165, 1.54) is 0 Å². The maximum Gasteiger partial charge on any atom is 0.253 e. The number of amides is 1. The van der Waals surface area contributed by atoms with Crippen LogP contribution in [0.5, 0.6) is 0 Å². The minimum atomic E-state index is -0.0437. The molecule has 0 spiro atoms. The summed E-state index contributed by atoms with van der Waals surface area (Å²) in [6, 6.07) is 7.91. The van der Waals surface area contributed by atoms with Gasteiger partial charge in [-0.15, -0.1) is 11.3 Å². The van der Waals surface area contributed by atoms with Crippen molar-refractivity contribution in [2.45, 2.75) is 33.2 Å². The number of nitrogens with two attached hydrogens (primary N) is 1. The smallest absolute Gasteiger partial charge is 0.253 e. The molecule has 2 aromatic rings. The van der Waals surface area contributed by atoms with Crippen LogP contribution in [0.15, 0.2) is 29.6 Å². The van der Waals surface area contributed by atoms with Crippen molar-refractivity contribution in [1.82, 2.24) is 9.88 Å². The van der Waals surface area contributed by atoms with Crippen LogP contribution < -0.4 is 5.73 Å². The topological polar surface area (TPSA) is 59.2 Å². The number of aryl methyl sites for hydroxylation is 1. The first-order valence-corrected chi connectivity index (χ1v) is 8.82. The summed E-state index contributed by atoms with van der Waals surface area (Å²) < 4.78 is 0. The predicted molar refractivity (Wildman–Crippen MR) is 94.6 cm³/mol. The van der Waals surface area contributed by atoms with E-state index < -0.39 is 0 Å². The van der Waals surface area contributed by atoms with E-state index in [4.69, 9.17) is 5.73 Å². The third-order valence-electron chi connectivity index (χ3n) is 4.57. The standard InChI is InChI=1S/C18H23N3OS/c1-12-10-23-16(20-12)13-5-4-6-14(9-13)17(22)21-8-7-15(19)18(2,3)11-21/h4-6,9-10,15H,7-8,11,19H2,1-3H3. The highest BCUT2D eigenvalue weighted by Gasteiger charge is 2.35. The predicted octanol–water partition coefficient (Wildman–Crippen LogP) is 3.32. The van der Waals surface area contributed by atoms with Gasteiger partial charge in [0.15, 0.2) is 0 Å². The quantitative estimate of drug-likeness (QED) is 0.919. The van der Waals surface area contributed by atoms with Gasteiger partial charge >= 0.3 is 0 Å². The average molecular weight is 329 g/mol. The Balaban J connectivity index is 1.83. The van der Waals surface area contributed by atoms with Crippen LogP contribution in [0.25, 0.3) is 10.6 Å². The first-order chi connectivity index (χ1) is 10.9. The second kappa shape index (κ2) is 6.06. The maximum absolute atomic E-state index is 12.9. The van der Waals surface area contributed by atoms with Gasteiger partial charge < -0.3 is 10.6 Å². The number of benzene rings is 1. The monoisotopic (exact) mass is 329 g/mol. The minimum absolute atomic E-state index is 0.0437. The summed E-state index contributed by atoms with van der Waals surface area (Å²) in [6.07, 6.45) is 0.851. The van der Waals surface area contributed by atoms with E-state index in [9.17, 15) is 4.79 Å². The lowest BCUT2D eigenvalue weighted by Crippen LogP contribution is -2.54. The van der Waals surface area contributed by atoms with E-state index in [0.29, 0.717) is 6.54 Å². The fourth-order valence-corrected chi connectivity index (χ4v) is 3.80. The van der Waals surface area contributed by atoms with E-state index in [2.05, 4.69) is 18.8 Å². The first kappa shape index (κ1) is 16.1. The molecule has 2 N–H and O–H groups in total. The third-order valence-corrected chi connectivity index (χ3v) is 5.58. The van der Waals surface area contributed by atoms with E-state index in [1.54, 1.807) is 11.3 Å². The SMILES string of the molecule is Cc1csc(-c2cccc(C(=O)N3CCC(N)C(C)(C)C3)c2)n1. The van der Waals surface area contributed by atoms with Gasteiger partial charge in [-0.05, 0) is 30.9 Å². The van der Waals surface area contributed by atoms with Crippen molar-refractivity contribution in [1.29, 1.82) is 0 Å². The fourth-order valence-electron chi connectivity index (χ4n) is 3.00. The molecule has 0 bridgehead atoms. The van der Waals surface area contributed by atoms with Crippen LogP contribution in [-0.4, -0.2) is 34.9 Å². The third kappa shape index (κ3) is 3.31. The van der Waals surface area contributed by atoms with Crippen LogP contribution in [0.2, 0.25) is 0 Å². The second-order valence-electron chi connectivity index (χ2n) is 6.99. The zero-order valence-corrected chi connectivity index (χ0v) is 14.7. The fraction of sp³-hybridized carbons (Fsp3) is 0.444. The molecule has 1 aromatic heterocycles. The summed E-state index contributed by atoms with van der Waals surface area (Å²) in [5, 5.41) is 2.98. The van der Waals surface area contributed by atoms with Gasteiger partial charge in [0, 0.05) is 41.3 Å². The van der Waals surface area contributed by atoms with Crippen molar-refractivity contribution >= 4 is 17.2 Å². The number of carbonyl (C=O) groups is 1. The molecule has 1 atom stereocenters. The van der Waals surface area contributed by atoms with E-state index in [1.807, 2.05) is 41.5 Å². The summed E-state index contributed by atoms with van der Waals surface area (Å²) in [7, 11) is 0. The van der Waals surface area contributed by atoms with Gasteiger partial charge in [0.25, 0.3) is 5.91 Å². The Labute approximate surface area is 141 Å². The van der Waals surface area contributed by atoms with Crippen molar-refractivity contribution in [3.8, 4) is 10.6 Å². The summed E-state index contributed by atoms with van der Waals surface area (Å²) in [6.45, 7) is 7.67. The molecule has 4 nitrogen and oxygen atoms in total. The highest BCUT2D eigenvalue weighted by Crippen LogP contribution is 2.29. The molecule has 23 heavy (non-hydrogen) atoms. The minimum Gasteiger partial charge on any atom is -0.338 e. The number of piperidine rings is 1. The molecule has 1 aliphatic heterocycles. The molecule has 1 aromatic carbocycles. The molecule has 1 unspecified atom stereocenters. The second-order valence-corrected chi connectivity index (χ2v) is 7.84. The molecule has 1 amide bonds. The lowest BCUT2D eigenvalue weighted by molar-refractivity contribution is 0.0533. The number of rotatable bonds is 2. The van der Waals surface area contributed by atoms with Crippen LogP contribution in [0, 0.1) is 12.3 Å². The largest absolute Gasteiger partial charge is 0.338 e. The molecule has 3 rings (SSSR count). The van der Waals surface area contributed by atoms with Gasteiger partial charge in [-0.25, -0.2) is 4.98 Å². The summed E-state index contributed by atoms with van der Waals surface area (Å²) in [4.78, 5) is 19.3. The normalized spacial score (nSPS) is 20.5. The van der Waals surface area contributed by atoms with Crippen LogP contribution >= 0.6 is 11.3 Å². The molecular formula is C18H23N3OS. The summed E-state index contributed by atoms with van der Waals surface area (Å²) in [5.74, 6) is 0.0834. The number of nitrogens with zero attached hydrogens (tertiary/aromatic N) is 2. The Kier molecular flexibility index (Phi) is 4.25. The Morgan fingerprint density at radius 1 is 1.43 bits per heavy atom. The van der Waals surface area contributed by atoms with E-state index in [-0.39, 0.29) is 17.4 Å². The summed E-state index contributed by atoms with van der Waals surface area (Å²) >= 11 is 1.61. The van der Waals surface area contributed by atoms with Crippen LogP contribution in [-0.2, 0) is 0 Å². The van der Waals surface area contributed by atoms with Crippen molar-refractivity contribution in [3.05, 3.63) is 40.9 Å². The van der Waals surface area contributed by atoms with E-state index >= 15 is 0 Å². The van der Waals surface area contributed by atoms with Crippen LogP contribution in [0.1, 0.15) is 36.3 Å². The highest BCUT2D eigenvalue weighted by atomic mass is 32.1. The van der Waals surface area contributed by atoms with Gasteiger partial charge in [0.1, 0.15) is 5.01 Å². The Hall–Kier alpha value is -1.72. The Morgan fingerprint density at radius 2 is 2.22 bits per heavy atom. The molecular weight excluding hydrogens is 306 g/mol. The number of hydrogen-bond acceptors (Lipinski definition) is 4. The van der Waals surface area contributed by atoms with Crippen molar-refractivity contribution in [3.63, 3.8) is 0 Å². The Bertz CT molecular complexity index is 723. The molecule has 122 valence electrons. The van der Waals surface area contributed by atoms with Gasteiger partial charge in [0.2, 0.25) is 0 Å². The number of carbonyl (C=O) groups excluding carboxylic acids is 1. The van der Waals surface area contributed by atoms with E-state index in [0.717, 1.165) is 34.8 Å². The molecule has 0 radical (unpaired) electrons. The van der Waals surface area contributed by atoms with Gasteiger partial charge in [-0.2, -0.15) is 0 Å². The molecule has 1 aliphatic rings. The van der Waals surface area contributed by atoms with Gasteiger partial charge in [-0.1, -0.05) is 26.0 Å². The van der Waals surface area contributed by atoms with Gasteiger partial charge in [0.05, 0.1) is 0 Å². The number of thiazole rings is 1. The van der Waals surface area contributed by atoms with Crippen LogP contribution in [0.4, 0.5) is 0 Å². The number of likely N-dealkylation sites (tertiary alicyclic amines) is 1. The zero-order chi connectivity index (χ0) is 16.6. The molecule has 1 fully saturated rings. The highest BCUT2D eigenvalue weighted by molar-refractivity contribution is 7.13. The molecule has 1 saturated heterocycles. The van der Waals surface area contributed by atoms with Crippen molar-refractivity contribution < 1.29 is 4.79 Å². The van der Waals surface area contributed by atoms with Crippen LogP contribution in [0.3, 0.4) is 0 Å². The Morgan fingerprint density at radius 3 is 2.87 bits per heavy atom. The number of aromatic nitrogens is 1. The first-order valence-electron chi connectivity index (χ1n) is 7.94. The molecule has 0 aliphatic carbocycles. The average Bonchev–Trinajstić information content (AvgIpc) is 2.96. The maximum atomic E-state index is 12.9. The zero-order valence-electron chi connectivity index (χ0n) is 13.9. The molecule has 0 saturated carbocycles. The lowest BCUT2D eigenvalue weighted by atomic mass is 9.79. The molecule has 2 heterocycles. The number of hydrogen-bond donors (Lipinski definition) is 1. The van der Waals surface area contributed by atoms with Crippen molar-refractivity contribution in [2.24, 2.45) is 11.1 Å². The molecule has 5 heteroatoms. The lowest BCUT2D eigenvalue weighted by Gasteiger charge is -2.42. The van der Waals surface area contributed by atoms with Gasteiger partial charge in [-0.3, -0.25) is 4.79 Å².